The van der Waals surface area contributed by atoms with Crippen molar-refractivity contribution < 1.29 is 10.0 Å². The van der Waals surface area contributed by atoms with Gasteiger partial charge in [-0.1, -0.05) is 5.16 Å². The molecular formula is C7H13N3O2. The number of carbonyl (C=O) groups is 1. The fraction of sp³-hybridized carbons (Fsp3) is 0.714. The summed E-state index contributed by atoms with van der Waals surface area (Å²) < 4.78 is 0. The molecule has 1 aliphatic heterocycles. The number of rotatable bonds is 3. The monoisotopic (exact) mass is 171 g/mol. The van der Waals surface area contributed by atoms with Crippen LogP contribution in [0.25, 0.3) is 0 Å². The molecule has 68 valence electrons. The average molecular weight is 171 g/mol. The molecule has 0 aromatic heterocycles. The first-order chi connectivity index (χ1) is 5.74. The van der Waals surface area contributed by atoms with Crippen LogP contribution >= 0.6 is 0 Å². The van der Waals surface area contributed by atoms with E-state index in [0.717, 1.165) is 13.0 Å². The molecule has 0 spiro atoms. The summed E-state index contributed by atoms with van der Waals surface area (Å²) in [6, 6.07) is 0. The molecule has 0 saturated carbocycles. The van der Waals surface area contributed by atoms with Crippen molar-refractivity contribution in [3.05, 3.63) is 0 Å². The number of nitrogens with two attached hydrogens (primary N) is 1. The summed E-state index contributed by atoms with van der Waals surface area (Å²) >= 11 is 0. The lowest BCUT2D eigenvalue weighted by Crippen LogP contribution is -2.29. The van der Waals surface area contributed by atoms with Gasteiger partial charge in [-0.05, 0) is 6.42 Å². The second-order valence-electron chi connectivity index (χ2n) is 2.83. The molecule has 1 saturated heterocycles. The van der Waals surface area contributed by atoms with E-state index in [9.17, 15) is 4.79 Å². The van der Waals surface area contributed by atoms with Gasteiger partial charge in [0.25, 0.3) is 0 Å². The minimum Gasteiger partial charge on any atom is -0.409 e. The van der Waals surface area contributed by atoms with Crippen LogP contribution in [0.5, 0.6) is 0 Å². The molecule has 1 rings (SSSR count). The Morgan fingerprint density at radius 1 is 1.75 bits per heavy atom. The van der Waals surface area contributed by atoms with Gasteiger partial charge >= 0.3 is 0 Å². The van der Waals surface area contributed by atoms with Crippen molar-refractivity contribution in [2.24, 2.45) is 10.9 Å². The highest BCUT2D eigenvalue weighted by molar-refractivity contribution is 5.81. The van der Waals surface area contributed by atoms with E-state index in [-0.39, 0.29) is 11.7 Å². The number of amides is 1. The zero-order chi connectivity index (χ0) is 8.97. The van der Waals surface area contributed by atoms with Gasteiger partial charge in [0.2, 0.25) is 5.91 Å². The normalized spacial score (nSPS) is 18.8. The van der Waals surface area contributed by atoms with Crippen molar-refractivity contribution in [1.82, 2.24) is 4.90 Å². The predicted octanol–water partition coefficient (Wildman–Crippen LogP) is -0.255. The van der Waals surface area contributed by atoms with E-state index in [1.165, 1.54) is 0 Å². The molecule has 5 nitrogen and oxygen atoms in total. The van der Waals surface area contributed by atoms with Gasteiger partial charge < -0.3 is 15.8 Å². The zero-order valence-corrected chi connectivity index (χ0v) is 6.86. The first-order valence-corrected chi connectivity index (χ1v) is 3.98. The molecule has 1 fully saturated rings. The molecule has 0 bridgehead atoms. The molecule has 1 amide bonds. The van der Waals surface area contributed by atoms with Gasteiger partial charge in [-0.3, -0.25) is 4.79 Å². The van der Waals surface area contributed by atoms with Crippen LogP contribution in [-0.2, 0) is 4.79 Å². The number of hydrogen-bond donors (Lipinski definition) is 2. The molecule has 0 radical (unpaired) electrons. The molecule has 0 aromatic carbocycles. The van der Waals surface area contributed by atoms with Crippen LogP contribution in [0.2, 0.25) is 0 Å². The van der Waals surface area contributed by atoms with Gasteiger partial charge in [0.1, 0.15) is 5.84 Å². The number of likely N-dealkylation sites (tertiary alicyclic amines) is 1. The van der Waals surface area contributed by atoms with E-state index in [1.807, 2.05) is 0 Å². The highest BCUT2D eigenvalue weighted by Crippen LogP contribution is 2.09. The van der Waals surface area contributed by atoms with Gasteiger partial charge in [-0.2, -0.15) is 0 Å². The lowest BCUT2D eigenvalue weighted by atomic mass is 10.4. The van der Waals surface area contributed by atoms with Crippen molar-refractivity contribution in [3.8, 4) is 0 Å². The second-order valence-corrected chi connectivity index (χ2v) is 2.83. The maximum absolute atomic E-state index is 11.1. The Bertz CT molecular complexity index is 203. The molecule has 0 aliphatic carbocycles. The number of amidine groups is 1. The van der Waals surface area contributed by atoms with Crippen molar-refractivity contribution in [2.75, 3.05) is 13.1 Å². The molecule has 1 aliphatic rings. The van der Waals surface area contributed by atoms with Crippen molar-refractivity contribution in [3.63, 3.8) is 0 Å². The molecular weight excluding hydrogens is 158 g/mol. The Labute approximate surface area is 70.8 Å². The van der Waals surface area contributed by atoms with E-state index in [0.29, 0.717) is 19.4 Å². The number of oxime groups is 1. The first-order valence-electron chi connectivity index (χ1n) is 3.98. The van der Waals surface area contributed by atoms with Gasteiger partial charge in [0, 0.05) is 25.9 Å². The topological polar surface area (TPSA) is 78.9 Å². The first kappa shape index (κ1) is 8.83. The Balaban J connectivity index is 2.27. The summed E-state index contributed by atoms with van der Waals surface area (Å²) in [5.41, 5.74) is 5.26. The Morgan fingerprint density at radius 2 is 2.50 bits per heavy atom. The van der Waals surface area contributed by atoms with Gasteiger partial charge in [-0.15, -0.1) is 0 Å². The Morgan fingerprint density at radius 3 is 3.00 bits per heavy atom. The summed E-state index contributed by atoms with van der Waals surface area (Å²) in [7, 11) is 0. The van der Waals surface area contributed by atoms with Crippen LogP contribution in [-0.4, -0.2) is 34.9 Å². The van der Waals surface area contributed by atoms with Gasteiger partial charge in [-0.25, -0.2) is 0 Å². The highest BCUT2D eigenvalue weighted by Gasteiger charge is 2.19. The summed E-state index contributed by atoms with van der Waals surface area (Å²) in [5, 5.41) is 11.1. The number of carbonyl (C=O) groups excluding carboxylic acids is 1. The lowest BCUT2D eigenvalue weighted by Gasteiger charge is -2.13. The maximum atomic E-state index is 11.1. The van der Waals surface area contributed by atoms with Crippen molar-refractivity contribution in [1.29, 1.82) is 0 Å². The molecule has 0 atom stereocenters. The fourth-order valence-electron chi connectivity index (χ4n) is 1.24. The van der Waals surface area contributed by atoms with Crippen LogP contribution in [0.1, 0.15) is 19.3 Å². The Kier molecular flexibility index (Phi) is 2.90. The number of nitrogens with zero attached hydrogens (tertiary/aromatic N) is 2. The standard InChI is InChI=1S/C7H13N3O2/c8-6(9-12)3-5-10-4-1-2-7(10)11/h12H,1-5H2,(H2,8,9). The van der Waals surface area contributed by atoms with Crippen molar-refractivity contribution >= 4 is 11.7 Å². The lowest BCUT2D eigenvalue weighted by molar-refractivity contribution is -0.127. The fourth-order valence-corrected chi connectivity index (χ4v) is 1.24. The number of hydrogen-bond acceptors (Lipinski definition) is 3. The van der Waals surface area contributed by atoms with E-state index in [2.05, 4.69) is 5.16 Å². The van der Waals surface area contributed by atoms with Gasteiger partial charge in [0.15, 0.2) is 0 Å². The summed E-state index contributed by atoms with van der Waals surface area (Å²) in [4.78, 5) is 12.8. The second kappa shape index (κ2) is 3.94. The summed E-state index contributed by atoms with van der Waals surface area (Å²) in [6.07, 6.45) is 2.01. The van der Waals surface area contributed by atoms with Crippen LogP contribution < -0.4 is 5.73 Å². The third kappa shape index (κ3) is 2.11. The zero-order valence-electron chi connectivity index (χ0n) is 6.86. The van der Waals surface area contributed by atoms with Gasteiger partial charge in [0.05, 0.1) is 0 Å². The molecule has 1 heterocycles. The molecule has 12 heavy (non-hydrogen) atoms. The summed E-state index contributed by atoms with van der Waals surface area (Å²) in [6.45, 7) is 1.37. The smallest absolute Gasteiger partial charge is 0.222 e. The predicted molar refractivity (Wildman–Crippen MR) is 43.8 cm³/mol. The van der Waals surface area contributed by atoms with E-state index >= 15 is 0 Å². The SMILES string of the molecule is N/C(CCN1CCCC1=O)=N\O. The van der Waals surface area contributed by atoms with E-state index in [1.54, 1.807) is 4.90 Å². The van der Waals surface area contributed by atoms with Crippen LogP contribution in [0.15, 0.2) is 5.16 Å². The van der Waals surface area contributed by atoms with Crippen LogP contribution in [0.4, 0.5) is 0 Å². The van der Waals surface area contributed by atoms with Crippen molar-refractivity contribution in [2.45, 2.75) is 19.3 Å². The molecule has 3 N–H and O–H groups in total. The largest absolute Gasteiger partial charge is 0.409 e. The third-order valence-corrected chi connectivity index (χ3v) is 1.94. The van der Waals surface area contributed by atoms with E-state index < -0.39 is 0 Å². The minimum atomic E-state index is 0.167. The van der Waals surface area contributed by atoms with Crippen LogP contribution in [0.3, 0.4) is 0 Å². The third-order valence-electron chi connectivity index (χ3n) is 1.94. The Hall–Kier alpha value is -1.26. The van der Waals surface area contributed by atoms with E-state index in [4.69, 9.17) is 10.9 Å². The summed E-state index contributed by atoms with van der Waals surface area (Å²) in [5.74, 6) is 0.343. The molecule has 0 aromatic rings. The molecule has 0 unspecified atom stereocenters. The quantitative estimate of drug-likeness (QED) is 0.266. The maximum Gasteiger partial charge on any atom is 0.222 e. The minimum absolute atomic E-state index is 0.167. The van der Waals surface area contributed by atoms with Crippen LogP contribution in [0, 0.1) is 0 Å². The molecule has 5 heteroatoms. The highest BCUT2D eigenvalue weighted by atomic mass is 16.4. The average Bonchev–Trinajstić information content (AvgIpc) is 2.47.